The van der Waals surface area contributed by atoms with Crippen LogP contribution in [0.25, 0.3) is 0 Å². The fourth-order valence-electron chi connectivity index (χ4n) is 3.26. The Morgan fingerprint density at radius 3 is 1.46 bits per heavy atom. The van der Waals surface area contributed by atoms with Gasteiger partial charge < -0.3 is 3.79 Å². The number of rotatable bonds is 8. The van der Waals surface area contributed by atoms with Crippen molar-refractivity contribution < 1.29 is 3.79 Å². The first-order chi connectivity index (χ1) is 10.8. The van der Waals surface area contributed by atoms with Gasteiger partial charge in [0.05, 0.1) is 21.9 Å². The summed E-state index contributed by atoms with van der Waals surface area (Å²) in [6.45, 7) is 24.1. The van der Waals surface area contributed by atoms with Gasteiger partial charge in [-0.25, -0.2) is 0 Å². The molecule has 4 heteroatoms. The fourth-order valence-corrected chi connectivity index (χ4v) is 9.63. The summed E-state index contributed by atoms with van der Waals surface area (Å²) in [7, 11) is -2.83. The molecular formula is C20H39AlOSi2. The minimum atomic E-state index is -1.42. The lowest BCUT2D eigenvalue weighted by atomic mass is 10.3. The third kappa shape index (κ3) is 6.71. The summed E-state index contributed by atoms with van der Waals surface area (Å²) < 4.78 is 6.96. The SMILES string of the molecule is CC(C)[CH2][Al]([CH2]C(C)C)[O]c1c([Si](C)(C)C)cccc1[Si](C)(C)C. The summed E-state index contributed by atoms with van der Waals surface area (Å²) in [6, 6.07) is 6.97. The van der Waals surface area contributed by atoms with Crippen molar-refractivity contribution in [1.29, 1.82) is 0 Å². The lowest BCUT2D eigenvalue weighted by Gasteiger charge is -2.31. The van der Waals surface area contributed by atoms with Crippen LogP contribution in [0.5, 0.6) is 5.75 Å². The molecule has 0 saturated heterocycles. The summed E-state index contributed by atoms with van der Waals surface area (Å²) in [5.41, 5.74) is 0. The van der Waals surface area contributed by atoms with Crippen LogP contribution in [0.4, 0.5) is 0 Å². The van der Waals surface area contributed by atoms with Crippen LogP contribution in [0, 0.1) is 11.8 Å². The molecule has 1 aromatic rings. The van der Waals surface area contributed by atoms with E-state index in [1.807, 2.05) is 0 Å². The highest BCUT2D eigenvalue weighted by Crippen LogP contribution is 2.22. The van der Waals surface area contributed by atoms with E-state index in [-0.39, 0.29) is 0 Å². The van der Waals surface area contributed by atoms with Gasteiger partial charge in [-0.05, 0) is 10.4 Å². The molecule has 0 fully saturated rings. The first kappa shape index (κ1) is 22.0. The second-order valence-corrected chi connectivity index (χ2v) is 22.7. The van der Waals surface area contributed by atoms with Gasteiger partial charge in [-0.2, -0.15) is 0 Å². The molecule has 0 spiro atoms. The third-order valence-electron chi connectivity index (χ3n) is 4.38. The molecule has 1 nitrogen and oxygen atoms in total. The standard InChI is InChI=1S/C12H22OSi2.2C4H9.Al/c1-14(2,3)10-8-7-9-11(12(10)13)15(4,5)6;2*1-4(2)3;/h7-9,13H,1-6H3;2*4H,1H2,2-3H3;/q;;;+1/p-1. The van der Waals surface area contributed by atoms with Gasteiger partial charge in [0.25, 0.3) is 0 Å². The molecule has 24 heavy (non-hydrogen) atoms. The molecule has 0 N–H and O–H groups in total. The van der Waals surface area contributed by atoms with Crippen molar-refractivity contribution in [2.75, 3.05) is 0 Å². The minimum Gasteiger partial charge on any atom is -0.643 e. The monoisotopic (exact) mass is 378 g/mol. The van der Waals surface area contributed by atoms with Gasteiger partial charge in [0, 0.05) is 0 Å². The molecule has 1 rings (SSSR count). The number of hydrogen-bond donors (Lipinski definition) is 0. The third-order valence-corrected chi connectivity index (χ3v) is 11.9. The van der Waals surface area contributed by atoms with E-state index in [0.29, 0.717) is 0 Å². The Labute approximate surface area is 158 Å². The largest absolute Gasteiger partial charge is 0.643 e. The van der Waals surface area contributed by atoms with E-state index < -0.39 is 30.6 Å². The second kappa shape index (κ2) is 8.58. The average molecular weight is 379 g/mol. The zero-order valence-electron chi connectivity index (χ0n) is 17.8. The molecule has 1 aromatic carbocycles. The molecule has 0 atom stereocenters. The molecular weight excluding hydrogens is 339 g/mol. The van der Waals surface area contributed by atoms with E-state index in [1.165, 1.54) is 26.7 Å². The second-order valence-electron chi connectivity index (χ2n) is 10.2. The van der Waals surface area contributed by atoms with E-state index >= 15 is 0 Å². The lowest BCUT2D eigenvalue weighted by molar-refractivity contribution is 0.532. The predicted octanol–water partition coefficient (Wildman–Crippen LogP) is 5.46. The van der Waals surface area contributed by atoms with Gasteiger partial charge in [-0.1, -0.05) is 108 Å². The van der Waals surface area contributed by atoms with Crippen molar-refractivity contribution in [3.63, 3.8) is 0 Å². The molecule has 0 bridgehead atoms. The van der Waals surface area contributed by atoms with E-state index in [1.54, 1.807) is 0 Å². The molecule has 0 aromatic heterocycles. The highest BCUT2D eigenvalue weighted by Gasteiger charge is 2.33. The summed E-state index contributed by atoms with van der Waals surface area (Å²) in [6.07, 6.45) is 0. The van der Waals surface area contributed by atoms with Crippen molar-refractivity contribution in [2.45, 2.75) is 77.5 Å². The van der Waals surface area contributed by atoms with Gasteiger partial charge in [0.2, 0.25) is 0 Å². The maximum atomic E-state index is 6.96. The highest BCUT2D eigenvalue weighted by atomic mass is 28.3. The zero-order valence-corrected chi connectivity index (χ0v) is 20.9. The Kier molecular flexibility index (Phi) is 7.88. The van der Waals surface area contributed by atoms with Crippen LogP contribution >= 0.6 is 0 Å². The molecule has 0 heterocycles. The predicted molar refractivity (Wildman–Crippen MR) is 118 cm³/mol. The van der Waals surface area contributed by atoms with Crippen LogP contribution in [0.2, 0.25) is 49.8 Å². The van der Waals surface area contributed by atoms with Crippen LogP contribution < -0.4 is 14.2 Å². The van der Waals surface area contributed by atoms with Crippen molar-refractivity contribution in [1.82, 2.24) is 0 Å². The number of benzene rings is 1. The zero-order chi connectivity index (χ0) is 18.7. The van der Waals surface area contributed by atoms with Gasteiger partial charge in [0.1, 0.15) is 0 Å². The molecule has 0 radical (unpaired) electrons. The van der Waals surface area contributed by atoms with Crippen LogP contribution in [0.3, 0.4) is 0 Å². The van der Waals surface area contributed by atoms with Gasteiger partial charge in [0.15, 0.2) is 0 Å². The Balaban J connectivity index is 3.36. The Hall–Kier alpha value is -0.0138. The van der Waals surface area contributed by atoms with Crippen molar-refractivity contribution in [2.24, 2.45) is 11.8 Å². The number of para-hydroxylation sites is 1. The quantitative estimate of drug-likeness (QED) is 0.546. The van der Waals surface area contributed by atoms with Crippen LogP contribution in [-0.4, -0.2) is 30.6 Å². The van der Waals surface area contributed by atoms with E-state index in [9.17, 15) is 0 Å². The van der Waals surface area contributed by atoms with Crippen LogP contribution in [0.1, 0.15) is 27.7 Å². The topological polar surface area (TPSA) is 9.23 Å². The molecule has 0 saturated carbocycles. The maximum absolute atomic E-state index is 6.96. The molecule has 0 unspecified atom stereocenters. The molecule has 0 aliphatic carbocycles. The Morgan fingerprint density at radius 1 is 0.792 bits per heavy atom. The van der Waals surface area contributed by atoms with E-state index in [2.05, 4.69) is 85.2 Å². The highest BCUT2D eigenvalue weighted by molar-refractivity contribution is 6.93. The van der Waals surface area contributed by atoms with Gasteiger partial charge in [-0.15, -0.1) is 0 Å². The van der Waals surface area contributed by atoms with Gasteiger partial charge in [-0.3, -0.25) is 0 Å². The molecule has 0 aliphatic heterocycles. The summed E-state index contributed by atoms with van der Waals surface area (Å²) >= 11 is -1.23. The van der Waals surface area contributed by atoms with Crippen molar-refractivity contribution in [3.05, 3.63) is 18.2 Å². The lowest BCUT2D eigenvalue weighted by Crippen LogP contribution is -2.48. The van der Waals surface area contributed by atoms with E-state index in [4.69, 9.17) is 3.79 Å². The minimum absolute atomic E-state index is 0.731. The van der Waals surface area contributed by atoms with Crippen LogP contribution in [0.15, 0.2) is 18.2 Å². The smallest absolute Gasteiger partial charge is 0.547 e. The summed E-state index contributed by atoms with van der Waals surface area (Å²) in [5.74, 6) is 2.78. The normalized spacial score (nSPS) is 12.8. The van der Waals surface area contributed by atoms with Gasteiger partial charge >= 0.3 is 14.5 Å². The van der Waals surface area contributed by atoms with Crippen molar-refractivity contribution in [3.8, 4) is 5.75 Å². The van der Waals surface area contributed by atoms with E-state index in [0.717, 1.165) is 11.8 Å². The molecule has 136 valence electrons. The first-order valence-corrected chi connectivity index (χ1v) is 18.7. The number of hydrogen-bond acceptors (Lipinski definition) is 1. The maximum Gasteiger partial charge on any atom is 0.547 e. The fraction of sp³-hybridized carbons (Fsp3) is 0.700. The summed E-state index contributed by atoms with van der Waals surface area (Å²) in [5, 5.41) is 5.63. The molecule has 0 amide bonds. The van der Waals surface area contributed by atoms with Crippen LogP contribution in [-0.2, 0) is 0 Å². The average Bonchev–Trinajstić information content (AvgIpc) is 2.34. The summed E-state index contributed by atoms with van der Waals surface area (Å²) in [4.78, 5) is 0. The Morgan fingerprint density at radius 2 is 1.17 bits per heavy atom. The Bertz CT molecular complexity index is 485. The first-order valence-electron chi connectivity index (χ1n) is 9.63. The molecule has 0 aliphatic rings. The van der Waals surface area contributed by atoms with Crippen molar-refractivity contribution >= 4 is 41.0 Å².